The predicted octanol–water partition coefficient (Wildman–Crippen LogP) is -3.46. The Balaban J connectivity index is 0. The molecule has 0 aliphatic heterocycles. The van der Waals surface area contributed by atoms with Gasteiger partial charge in [0.15, 0.2) is 0 Å². The Morgan fingerprint density at radius 2 is 1.17 bits per heavy atom. The molecule has 0 heterocycles. The Hall–Kier alpha value is -0.770. The molecule has 0 unspecified atom stereocenters. The van der Waals surface area contributed by atoms with Gasteiger partial charge in [0.25, 0.3) is 0 Å². The van der Waals surface area contributed by atoms with Gasteiger partial charge in [0.05, 0.1) is 13.2 Å². The molecule has 8 N–H and O–H groups in total. The minimum atomic E-state index is -1.67. The minimum absolute atomic E-state index is 0.00926. The molecule has 0 rings (SSSR count). The van der Waals surface area contributed by atoms with Crippen LogP contribution in [0.2, 0.25) is 0 Å². The van der Waals surface area contributed by atoms with E-state index in [0.717, 1.165) is 0 Å². The van der Waals surface area contributed by atoms with E-state index in [1.807, 2.05) is 0 Å². The van der Waals surface area contributed by atoms with E-state index in [2.05, 4.69) is 0 Å². The number of aliphatic hydroxyl groups excluding tert-OH is 6. The van der Waals surface area contributed by atoms with Crippen molar-refractivity contribution in [3.63, 3.8) is 0 Å². The quantitative estimate of drug-likeness (QED) is 0.263. The van der Waals surface area contributed by atoms with Crippen molar-refractivity contribution in [2.24, 2.45) is 11.7 Å². The van der Waals surface area contributed by atoms with Gasteiger partial charge in [0, 0.05) is 5.92 Å². The van der Waals surface area contributed by atoms with Gasteiger partial charge in [-0.25, -0.2) is 0 Å². The van der Waals surface area contributed by atoms with E-state index in [1.165, 1.54) is 0 Å². The molecule has 4 atom stereocenters. The highest BCUT2D eigenvalue weighted by atomic mass is 16.4. The smallest absolute Gasteiger partial charge is 0.219 e. The lowest BCUT2D eigenvalue weighted by Gasteiger charge is -2.24. The first-order valence-electron chi connectivity index (χ1n) is 5.42. The normalized spacial score (nSPS) is 17.4. The van der Waals surface area contributed by atoms with E-state index in [4.69, 9.17) is 36.4 Å². The van der Waals surface area contributed by atoms with Gasteiger partial charge in [-0.1, -0.05) is 13.8 Å². The maximum atomic E-state index is 9.92. The van der Waals surface area contributed by atoms with E-state index in [9.17, 15) is 4.79 Å². The third kappa shape index (κ3) is 8.34. The summed E-state index contributed by atoms with van der Waals surface area (Å²) < 4.78 is 0. The van der Waals surface area contributed by atoms with Crippen LogP contribution < -0.4 is 5.73 Å². The summed E-state index contributed by atoms with van der Waals surface area (Å²) in [5.74, 6) is -0.250. The number of primary amides is 1. The largest absolute Gasteiger partial charge is 0.394 e. The minimum Gasteiger partial charge on any atom is -0.394 e. The summed E-state index contributed by atoms with van der Waals surface area (Å²) >= 11 is 0. The molecular formula is C10H23NO7. The van der Waals surface area contributed by atoms with E-state index in [-0.39, 0.29) is 11.8 Å². The van der Waals surface area contributed by atoms with Crippen molar-refractivity contribution in [2.45, 2.75) is 38.3 Å². The maximum absolute atomic E-state index is 9.92. The van der Waals surface area contributed by atoms with Crippen LogP contribution in [0.15, 0.2) is 0 Å². The third-order valence-corrected chi connectivity index (χ3v) is 2.08. The molecule has 8 heteroatoms. The van der Waals surface area contributed by atoms with Crippen LogP contribution >= 0.6 is 0 Å². The fourth-order valence-corrected chi connectivity index (χ4v) is 0.671. The van der Waals surface area contributed by atoms with Crippen molar-refractivity contribution in [1.29, 1.82) is 0 Å². The molecule has 0 aromatic heterocycles. The predicted molar refractivity (Wildman–Crippen MR) is 62.2 cm³/mol. The zero-order chi connectivity index (χ0) is 14.9. The number of aliphatic hydroxyl groups is 6. The highest BCUT2D eigenvalue weighted by Gasteiger charge is 2.29. The Labute approximate surface area is 105 Å². The molecule has 0 fully saturated rings. The SMILES string of the molecule is CC(C)C(N)=O.OC[C@@H](O)[C@@H](O)[C@H](O)[C@H](O)CO. The van der Waals surface area contributed by atoms with Crippen molar-refractivity contribution in [1.82, 2.24) is 0 Å². The topological polar surface area (TPSA) is 164 Å². The van der Waals surface area contributed by atoms with Crippen LogP contribution in [0.25, 0.3) is 0 Å². The Kier molecular flexibility index (Phi) is 11.1. The first-order valence-corrected chi connectivity index (χ1v) is 5.42. The van der Waals surface area contributed by atoms with Crippen LogP contribution in [0.4, 0.5) is 0 Å². The number of rotatable bonds is 6. The molecule has 0 radical (unpaired) electrons. The lowest BCUT2D eigenvalue weighted by Crippen LogP contribution is -2.46. The molecule has 1 amide bonds. The van der Waals surface area contributed by atoms with Crippen LogP contribution in [-0.4, -0.2) is 74.2 Å². The Morgan fingerprint density at radius 1 is 0.944 bits per heavy atom. The van der Waals surface area contributed by atoms with E-state index >= 15 is 0 Å². The summed E-state index contributed by atoms with van der Waals surface area (Å²) in [5, 5.41) is 52.2. The number of carbonyl (C=O) groups excluding carboxylic acids is 1. The van der Waals surface area contributed by atoms with Gasteiger partial charge < -0.3 is 36.4 Å². The summed E-state index contributed by atoms with van der Waals surface area (Å²) in [6.45, 7) is 2.08. The van der Waals surface area contributed by atoms with Crippen molar-refractivity contribution < 1.29 is 35.4 Å². The molecule has 0 aromatic rings. The number of hydrogen-bond acceptors (Lipinski definition) is 7. The summed E-state index contributed by atoms with van der Waals surface area (Å²) in [6.07, 6.45) is -6.39. The highest BCUT2D eigenvalue weighted by Crippen LogP contribution is 2.03. The van der Waals surface area contributed by atoms with E-state index in [0.29, 0.717) is 0 Å². The zero-order valence-corrected chi connectivity index (χ0v) is 10.5. The monoisotopic (exact) mass is 269 g/mol. The van der Waals surface area contributed by atoms with Gasteiger partial charge in [0.2, 0.25) is 5.91 Å². The van der Waals surface area contributed by atoms with Gasteiger partial charge in [-0.3, -0.25) is 4.79 Å². The van der Waals surface area contributed by atoms with Crippen LogP contribution in [0, 0.1) is 5.92 Å². The molecule has 0 saturated heterocycles. The molecule has 0 aliphatic carbocycles. The summed E-state index contributed by atoms with van der Waals surface area (Å²) in [7, 11) is 0. The average Bonchev–Trinajstić information content (AvgIpc) is 2.35. The summed E-state index contributed by atoms with van der Waals surface area (Å²) in [6, 6.07) is 0. The number of carbonyl (C=O) groups is 1. The molecular weight excluding hydrogens is 246 g/mol. The second kappa shape index (κ2) is 10.2. The van der Waals surface area contributed by atoms with Gasteiger partial charge in [-0.15, -0.1) is 0 Å². The van der Waals surface area contributed by atoms with Crippen molar-refractivity contribution in [3.05, 3.63) is 0 Å². The first-order chi connectivity index (χ1) is 8.18. The van der Waals surface area contributed by atoms with Crippen LogP contribution in [0.3, 0.4) is 0 Å². The molecule has 0 spiro atoms. The molecule has 0 saturated carbocycles. The first kappa shape index (κ1) is 19.6. The van der Waals surface area contributed by atoms with Crippen molar-refractivity contribution >= 4 is 5.91 Å². The summed E-state index contributed by atoms with van der Waals surface area (Å²) in [5.41, 5.74) is 4.80. The molecule has 0 aliphatic rings. The van der Waals surface area contributed by atoms with Crippen LogP contribution in [-0.2, 0) is 4.79 Å². The standard InChI is InChI=1S/C6H14O6.C4H9NO/c7-1-3(9)5(11)6(12)4(10)2-8;1-3(2)4(5)6/h3-12H,1-2H2;3H,1-2H3,(H2,5,6)/t3-,4-,5-,6-;/m1./s1. The number of hydrogen-bond donors (Lipinski definition) is 7. The molecule has 18 heavy (non-hydrogen) atoms. The van der Waals surface area contributed by atoms with Crippen molar-refractivity contribution in [3.8, 4) is 0 Å². The fourth-order valence-electron chi connectivity index (χ4n) is 0.671. The van der Waals surface area contributed by atoms with Crippen molar-refractivity contribution in [2.75, 3.05) is 13.2 Å². The second-order valence-electron chi connectivity index (χ2n) is 4.04. The van der Waals surface area contributed by atoms with Gasteiger partial charge >= 0.3 is 0 Å². The van der Waals surface area contributed by atoms with Gasteiger partial charge in [0.1, 0.15) is 24.4 Å². The summed E-state index contributed by atoms with van der Waals surface area (Å²) in [4.78, 5) is 9.92. The number of nitrogens with two attached hydrogens (primary N) is 1. The fraction of sp³-hybridized carbons (Fsp3) is 0.900. The molecule has 0 aromatic carbocycles. The zero-order valence-electron chi connectivity index (χ0n) is 10.5. The lowest BCUT2D eigenvalue weighted by atomic mass is 10.0. The Bertz CT molecular complexity index is 210. The van der Waals surface area contributed by atoms with Gasteiger partial charge in [-0.05, 0) is 0 Å². The third-order valence-electron chi connectivity index (χ3n) is 2.08. The van der Waals surface area contributed by atoms with Crippen LogP contribution in [0.5, 0.6) is 0 Å². The second-order valence-corrected chi connectivity index (χ2v) is 4.04. The molecule has 0 bridgehead atoms. The average molecular weight is 269 g/mol. The van der Waals surface area contributed by atoms with E-state index in [1.54, 1.807) is 13.8 Å². The highest BCUT2D eigenvalue weighted by molar-refractivity contribution is 5.75. The maximum Gasteiger partial charge on any atom is 0.219 e. The van der Waals surface area contributed by atoms with E-state index < -0.39 is 37.6 Å². The van der Waals surface area contributed by atoms with Gasteiger partial charge in [-0.2, -0.15) is 0 Å². The molecule has 8 nitrogen and oxygen atoms in total. The Morgan fingerprint density at radius 3 is 1.28 bits per heavy atom. The number of amides is 1. The lowest BCUT2D eigenvalue weighted by molar-refractivity contribution is -0.123. The van der Waals surface area contributed by atoms with Crippen LogP contribution in [0.1, 0.15) is 13.8 Å². The molecule has 110 valence electrons.